The molecule has 1 aliphatic heterocycles. The average molecular weight is 178 g/mol. The van der Waals surface area contributed by atoms with Crippen LogP contribution in [-0.4, -0.2) is 21.3 Å². The summed E-state index contributed by atoms with van der Waals surface area (Å²) in [6, 6.07) is 0.369. The maximum Gasteiger partial charge on any atom is 0.149 e. The van der Waals surface area contributed by atoms with Crippen molar-refractivity contribution in [2.45, 2.75) is 38.3 Å². The van der Waals surface area contributed by atoms with Gasteiger partial charge in [-0.1, -0.05) is 0 Å². The fraction of sp³-hybridized carbons (Fsp3) is 0.778. The summed E-state index contributed by atoms with van der Waals surface area (Å²) in [5, 5.41) is 11.9. The van der Waals surface area contributed by atoms with Crippen molar-refractivity contribution in [2.75, 3.05) is 6.54 Å². The van der Waals surface area contributed by atoms with Crippen LogP contribution in [0.3, 0.4) is 0 Å². The van der Waals surface area contributed by atoms with Gasteiger partial charge in [0.25, 0.3) is 0 Å². The van der Waals surface area contributed by atoms with Gasteiger partial charge in [0, 0.05) is 19.0 Å². The Hall–Kier alpha value is -0.900. The van der Waals surface area contributed by atoms with Crippen molar-refractivity contribution in [3.05, 3.63) is 11.6 Å². The Bertz CT molecular complexity index is 313. The Labute approximate surface area is 77.4 Å². The summed E-state index contributed by atoms with van der Waals surface area (Å²) < 4.78 is 2.30. The van der Waals surface area contributed by atoms with Crippen LogP contribution in [0, 0.1) is 0 Å². The zero-order valence-electron chi connectivity index (χ0n) is 7.82. The third-order valence-corrected chi connectivity index (χ3v) is 2.92. The molecular weight excluding hydrogens is 164 g/mol. The first-order valence-corrected chi connectivity index (χ1v) is 5.02. The summed E-state index contributed by atoms with van der Waals surface area (Å²) in [6.07, 6.45) is 2.61. The number of hydrogen-bond donors (Lipinski definition) is 1. The van der Waals surface area contributed by atoms with Crippen LogP contribution in [0.15, 0.2) is 0 Å². The molecule has 1 fully saturated rings. The maximum atomic E-state index is 4.28. The van der Waals surface area contributed by atoms with Gasteiger partial charge in [0.2, 0.25) is 0 Å². The van der Waals surface area contributed by atoms with E-state index < -0.39 is 0 Å². The van der Waals surface area contributed by atoms with Crippen LogP contribution < -0.4 is 5.32 Å². The predicted octanol–water partition coefficient (Wildman–Crippen LogP) is 0.820. The summed E-state index contributed by atoms with van der Waals surface area (Å²) in [5.74, 6) is 3.06. The first-order chi connectivity index (χ1) is 6.36. The largest absolute Gasteiger partial charge is 0.312 e. The molecule has 0 unspecified atom stereocenters. The molecule has 1 aromatic rings. The molecule has 0 bridgehead atoms. The van der Waals surface area contributed by atoms with Crippen LogP contribution in [0.25, 0.3) is 0 Å². The van der Waals surface area contributed by atoms with Gasteiger partial charge in [0.15, 0.2) is 0 Å². The van der Waals surface area contributed by atoms with Gasteiger partial charge in [-0.2, -0.15) is 0 Å². The van der Waals surface area contributed by atoms with Crippen LogP contribution in [0.4, 0.5) is 0 Å². The molecule has 70 valence electrons. The van der Waals surface area contributed by atoms with E-state index in [9.17, 15) is 0 Å². The SMILES string of the molecule is C[C@@H]1NCCn2c(C3CC3)nnc21. The lowest BCUT2D eigenvalue weighted by molar-refractivity contribution is 0.429. The normalized spacial score (nSPS) is 27.3. The topological polar surface area (TPSA) is 42.7 Å². The van der Waals surface area contributed by atoms with E-state index in [1.54, 1.807) is 0 Å². The quantitative estimate of drug-likeness (QED) is 0.692. The van der Waals surface area contributed by atoms with Crippen molar-refractivity contribution in [1.82, 2.24) is 20.1 Å². The second kappa shape index (κ2) is 2.54. The molecule has 1 aliphatic carbocycles. The molecule has 13 heavy (non-hydrogen) atoms. The minimum atomic E-state index is 0.369. The van der Waals surface area contributed by atoms with E-state index in [-0.39, 0.29) is 0 Å². The summed E-state index contributed by atoms with van der Waals surface area (Å²) in [5.41, 5.74) is 0. The van der Waals surface area contributed by atoms with E-state index in [0.29, 0.717) is 12.0 Å². The van der Waals surface area contributed by atoms with Gasteiger partial charge in [0.1, 0.15) is 11.6 Å². The van der Waals surface area contributed by atoms with Gasteiger partial charge in [-0.15, -0.1) is 10.2 Å². The molecule has 3 rings (SSSR count). The van der Waals surface area contributed by atoms with Crippen LogP contribution >= 0.6 is 0 Å². The Balaban J connectivity index is 2.04. The molecular formula is C9H14N4. The first-order valence-electron chi connectivity index (χ1n) is 5.02. The van der Waals surface area contributed by atoms with Gasteiger partial charge in [0.05, 0.1) is 6.04 Å². The van der Waals surface area contributed by atoms with Gasteiger partial charge in [-0.25, -0.2) is 0 Å². The van der Waals surface area contributed by atoms with E-state index >= 15 is 0 Å². The highest BCUT2D eigenvalue weighted by atomic mass is 15.3. The number of rotatable bonds is 1. The summed E-state index contributed by atoms with van der Waals surface area (Å²) in [4.78, 5) is 0. The molecule has 0 spiro atoms. The lowest BCUT2D eigenvalue weighted by Gasteiger charge is -2.21. The monoisotopic (exact) mass is 178 g/mol. The Kier molecular flexibility index (Phi) is 1.47. The fourth-order valence-corrected chi connectivity index (χ4v) is 2.00. The number of fused-ring (bicyclic) bond motifs is 1. The molecule has 2 aliphatic rings. The molecule has 1 saturated carbocycles. The summed E-state index contributed by atoms with van der Waals surface area (Å²) >= 11 is 0. The molecule has 4 heteroatoms. The molecule has 0 aromatic carbocycles. The van der Waals surface area contributed by atoms with Crippen molar-refractivity contribution in [1.29, 1.82) is 0 Å². The predicted molar refractivity (Wildman–Crippen MR) is 48.4 cm³/mol. The van der Waals surface area contributed by atoms with Crippen molar-refractivity contribution in [2.24, 2.45) is 0 Å². The van der Waals surface area contributed by atoms with Gasteiger partial charge >= 0.3 is 0 Å². The number of nitrogens with zero attached hydrogens (tertiary/aromatic N) is 3. The Morgan fingerprint density at radius 3 is 2.85 bits per heavy atom. The van der Waals surface area contributed by atoms with Crippen molar-refractivity contribution in [3.63, 3.8) is 0 Å². The minimum absolute atomic E-state index is 0.369. The molecule has 1 atom stereocenters. The van der Waals surface area contributed by atoms with E-state index in [1.807, 2.05) is 0 Å². The smallest absolute Gasteiger partial charge is 0.149 e. The maximum absolute atomic E-state index is 4.28. The van der Waals surface area contributed by atoms with Crippen LogP contribution in [0.5, 0.6) is 0 Å². The Morgan fingerprint density at radius 1 is 1.31 bits per heavy atom. The molecule has 4 nitrogen and oxygen atoms in total. The summed E-state index contributed by atoms with van der Waals surface area (Å²) in [6.45, 7) is 4.24. The molecule has 0 saturated heterocycles. The van der Waals surface area contributed by atoms with Crippen LogP contribution in [0.2, 0.25) is 0 Å². The lowest BCUT2D eigenvalue weighted by Crippen LogP contribution is -2.32. The average Bonchev–Trinajstić information content (AvgIpc) is 2.87. The third kappa shape index (κ3) is 1.09. The van der Waals surface area contributed by atoms with Crippen LogP contribution in [0.1, 0.15) is 43.4 Å². The number of aromatic nitrogens is 3. The van der Waals surface area contributed by atoms with E-state index in [4.69, 9.17) is 0 Å². The Morgan fingerprint density at radius 2 is 2.08 bits per heavy atom. The van der Waals surface area contributed by atoms with Gasteiger partial charge in [-0.3, -0.25) is 0 Å². The van der Waals surface area contributed by atoms with Gasteiger partial charge in [-0.05, 0) is 19.8 Å². The number of hydrogen-bond acceptors (Lipinski definition) is 3. The highest BCUT2D eigenvalue weighted by Gasteiger charge is 2.32. The molecule has 1 N–H and O–H groups in total. The molecule has 0 radical (unpaired) electrons. The third-order valence-electron chi connectivity index (χ3n) is 2.92. The molecule has 0 amide bonds. The minimum Gasteiger partial charge on any atom is -0.312 e. The fourth-order valence-electron chi connectivity index (χ4n) is 2.00. The van der Waals surface area contributed by atoms with Crippen LogP contribution in [-0.2, 0) is 6.54 Å². The second-order valence-corrected chi connectivity index (χ2v) is 4.02. The van der Waals surface area contributed by atoms with Crippen molar-refractivity contribution >= 4 is 0 Å². The highest BCUT2D eigenvalue weighted by Crippen LogP contribution is 2.39. The van der Waals surface area contributed by atoms with E-state index in [2.05, 4.69) is 27.0 Å². The molecule has 2 heterocycles. The molecule has 1 aromatic heterocycles. The standard InChI is InChI=1S/C9H14N4/c1-6-8-11-12-9(7-2-3-7)13(8)5-4-10-6/h6-7,10H,2-5H2,1H3/t6-/m0/s1. The highest BCUT2D eigenvalue weighted by molar-refractivity contribution is 5.11. The first kappa shape index (κ1) is 7.50. The second-order valence-electron chi connectivity index (χ2n) is 4.02. The zero-order valence-corrected chi connectivity index (χ0v) is 7.82. The van der Waals surface area contributed by atoms with Crippen molar-refractivity contribution in [3.8, 4) is 0 Å². The zero-order chi connectivity index (χ0) is 8.84. The lowest BCUT2D eigenvalue weighted by atomic mass is 10.2. The van der Waals surface area contributed by atoms with E-state index in [1.165, 1.54) is 18.7 Å². The van der Waals surface area contributed by atoms with Gasteiger partial charge < -0.3 is 9.88 Å². The summed E-state index contributed by atoms with van der Waals surface area (Å²) in [7, 11) is 0. The van der Waals surface area contributed by atoms with E-state index in [0.717, 1.165) is 18.9 Å². The number of nitrogens with one attached hydrogen (secondary N) is 1. The van der Waals surface area contributed by atoms with Crippen molar-refractivity contribution < 1.29 is 0 Å².